The minimum absolute atomic E-state index is 0.00324. The van der Waals surface area contributed by atoms with Gasteiger partial charge in [0.2, 0.25) is 0 Å². The summed E-state index contributed by atoms with van der Waals surface area (Å²) in [6.45, 7) is 4.56. The summed E-state index contributed by atoms with van der Waals surface area (Å²) in [4.78, 5) is 28.1. The highest BCUT2D eigenvalue weighted by molar-refractivity contribution is 6.51. The van der Waals surface area contributed by atoms with Crippen LogP contribution in [0, 0.1) is 11.3 Å². The van der Waals surface area contributed by atoms with E-state index in [0.29, 0.717) is 41.2 Å². The molecule has 3 aromatic carbocycles. The van der Waals surface area contributed by atoms with Crippen LogP contribution in [0.3, 0.4) is 0 Å². The summed E-state index contributed by atoms with van der Waals surface area (Å²) in [6, 6.07) is 20.1. The monoisotopic (exact) mass is 494 g/mol. The van der Waals surface area contributed by atoms with Crippen LogP contribution in [0.25, 0.3) is 5.76 Å². The molecule has 0 aliphatic carbocycles. The van der Waals surface area contributed by atoms with Gasteiger partial charge in [0.15, 0.2) is 0 Å². The Balaban J connectivity index is 1.63. The zero-order chi connectivity index (χ0) is 26.1. The van der Waals surface area contributed by atoms with E-state index in [0.717, 1.165) is 17.7 Å². The summed E-state index contributed by atoms with van der Waals surface area (Å²) in [5.41, 5.74) is 2.92. The van der Waals surface area contributed by atoms with Crippen LogP contribution in [-0.4, -0.2) is 29.5 Å². The molecule has 5 rings (SSSR count). The predicted octanol–water partition coefficient (Wildman–Crippen LogP) is 5.30. The van der Waals surface area contributed by atoms with E-state index in [1.165, 1.54) is 4.90 Å². The smallest absolute Gasteiger partial charge is 0.300 e. The molecule has 7 nitrogen and oxygen atoms in total. The van der Waals surface area contributed by atoms with E-state index < -0.39 is 17.7 Å². The molecule has 186 valence electrons. The Labute approximate surface area is 215 Å². The summed E-state index contributed by atoms with van der Waals surface area (Å²) in [7, 11) is 0. The van der Waals surface area contributed by atoms with Crippen molar-refractivity contribution in [1.29, 1.82) is 5.26 Å². The van der Waals surface area contributed by atoms with Crippen molar-refractivity contribution in [2.75, 3.05) is 11.5 Å². The van der Waals surface area contributed by atoms with Crippen LogP contribution in [0.15, 0.2) is 72.3 Å². The van der Waals surface area contributed by atoms with Gasteiger partial charge in [-0.05, 0) is 79.1 Å². The van der Waals surface area contributed by atoms with Crippen molar-refractivity contribution in [1.82, 2.24) is 0 Å². The molecule has 1 amide bonds. The van der Waals surface area contributed by atoms with E-state index in [2.05, 4.69) is 6.07 Å². The van der Waals surface area contributed by atoms with E-state index in [1.807, 2.05) is 19.9 Å². The summed E-state index contributed by atoms with van der Waals surface area (Å²) < 4.78 is 11.5. The maximum absolute atomic E-state index is 13.4. The predicted molar refractivity (Wildman–Crippen MR) is 138 cm³/mol. The Bertz CT molecular complexity index is 1430. The number of Topliss-reactive ketones (excluding diaryl/α,β-unsaturated/α-hetero) is 1. The molecule has 7 heteroatoms. The molecule has 2 aliphatic rings. The number of benzene rings is 3. The van der Waals surface area contributed by atoms with Gasteiger partial charge >= 0.3 is 0 Å². The molecule has 37 heavy (non-hydrogen) atoms. The first-order valence-electron chi connectivity index (χ1n) is 12.2. The van der Waals surface area contributed by atoms with Crippen LogP contribution in [-0.2, 0) is 16.0 Å². The maximum Gasteiger partial charge on any atom is 0.300 e. The number of hydrogen-bond acceptors (Lipinski definition) is 6. The average molecular weight is 495 g/mol. The van der Waals surface area contributed by atoms with Gasteiger partial charge in [-0.1, -0.05) is 19.1 Å². The van der Waals surface area contributed by atoms with Gasteiger partial charge in [0, 0.05) is 17.7 Å². The minimum atomic E-state index is -0.864. The highest BCUT2D eigenvalue weighted by Crippen LogP contribution is 2.43. The van der Waals surface area contributed by atoms with Gasteiger partial charge in [0.05, 0.1) is 29.9 Å². The van der Waals surface area contributed by atoms with Crippen molar-refractivity contribution in [3.8, 4) is 17.6 Å². The lowest BCUT2D eigenvalue weighted by molar-refractivity contribution is -0.132. The molecular weight excluding hydrogens is 468 g/mol. The van der Waals surface area contributed by atoms with Crippen molar-refractivity contribution < 1.29 is 24.2 Å². The van der Waals surface area contributed by atoms with E-state index in [4.69, 9.17) is 9.47 Å². The fourth-order valence-electron chi connectivity index (χ4n) is 4.80. The van der Waals surface area contributed by atoms with Gasteiger partial charge in [0.1, 0.15) is 23.4 Å². The van der Waals surface area contributed by atoms with Crippen molar-refractivity contribution in [2.45, 2.75) is 38.8 Å². The van der Waals surface area contributed by atoms with Crippen LogP contribution in [0.5, 0.6) is 11.5 Å². The largest absolute Gasteiger partial charge is 0.507 e. The first-order valence-corrected chi connectivity index (χ1v) is 12.2. The number of amides is 1. The van der Waals surface area contributed by atoms with Gasteiger partial charge in [0.25, 0.3) is 11.7 Å². The molecule has 0 saturated carbocycles. The number of aliphatic hydroxyl groups excluding tert-OH is 1. The molecule has 2 aliphatic heterocycles. The molecular formula is C30H26N2O5. The Morgan fingerprint density at radius 1 is 1.11 bits per heavy atom. The number of rotatable bonds is 6. The van der Waals surface area contributed by atoms with Crippen molar-refractivity contribution in [2.24, 2.45) is 0 Å². The number of nitriles is 1. The quantitative estimate of drug-likeness (QED) is 0.284. The number of nitrogens with zero attached hydrogens (tertiary/aromatic N) is 2. The molecule has 1 fully saturated rings. The molecule has 3 aromatic rings. The Kier molecular flexibility index (Phi) is 6.41. The summed E-state index contributed by atoms with van der Waals surface area (Å²) in [5.74, 6) is -0.341. The second-order valence-electron chi connectivity index (χ2n) is 9.20. The zero-order valence-electron chi connectivity index (χ0n) is 20.6. The lowest BCUT2D eigenvalue weighted by Gasteiger charge is -2.25. The van der Waals surface area contributed by atoms with Gasteiger partial charge < -0.3 is 14.6 Å². The second-order valence-corrected chi connectivity index (χ2v) is 9.20. The molecule has 0 bridgehead atoms. The van der Waals surface area contributed by atoms with Crippen LogP contribution in [0.4, 0.5) is 5.69 Å². The van der Waals surface area contributed by atoms with Gasteiger partial charge in [-0.25, -0.2) is 0 Å². The van der Waals surface area contributed by atoms with Crippen molar-refractivity contribution >= 4 is 23.1 Å². The van der Waals surface area contributed by atoms with Gasteiger partial charge in [-0.2, -0.15) is 5.26 Å². The molecule has 2 atom stereocenters. The highest BCUT2D eigenvalue weighted by Gasteiger charge is 2.47. The maximum atomic E-state index is 13.4. The summed E-state index contributed by atoms with van der Waals surface area (Å²) >= 11 is 0. The fraction of sp³-hybridized carbons (Fsp3) is 0.233. The summed E-state index contributed by atoms with van der Waals surface area (Å²) in [5, 5.41) is 20.6. The SMILES string of the molecule is CCCOc1ccc(C2/C(=C(/O)c3ccc4c(c3)CC(C)O4)C(=O)C(=O)N2c2ccc(C#N)cc2)cc1. The first kappa shape index (κ1) is 24.1. The van der Waals surface area contributed by atoms with Crippen LogP contribution in [0.1, 0.15) is 48.6 Å². The number of hydrogen-bond donors (Lipinski definition) is 1. The van der Waals surface area contributed by atoms with Crippen LogP contribution in [0.2, 0.25) is 0 Å². The molecule has 1 saturated heterocycles. The van der Waals surface area contributed by atoms with E-state index in [-0.39, 0.29) is 17.4 Å². The van der Waals surface area contributed by atoms with Gasteiger partial charge in [-0.15, -0.1) is 0 Å². The number of carbonyl (C=O) groups is 2. The molecule has 2 heterocycles. The third-order valence-electron chi connectivity index (χ3n) is 6.56. The zero-order valence-corrected chi connectivity index (χ0v) is 20.6. The van der Waals surface area contributed by atoms with Crippen LogP contribution < -0.4 is 14.4 Å². The molecule has 0 radical (unpaired) electrons. The van der Waals surface area contributed by atoms with E-state index >= 15 is 0 Å². The Morgan fingerprint density at radius 2 is 1.84 bits per heavy atom. The number of ether oxygens (including phenoxy) is 2. The lowest BCUT2D eigenvalue weighted by atomic mass is 9.94. The standard InChI is InChI=1S/C30H26N2O5/c1-3-14-36-24-11-6-20(7-12-24)27-26(28(33)21-8-13-25-22(16-21)15-18(2)37-25)29(34)30(35)32(27)23-9-4-19(17-31)5-10-23/h4-13,16,18,27,33H,3,14-15H2,1-2H3/b28-26-. The van der Waals surface area contributed by atoms with Crippen LogP contribution >= 0.6 is 0 Å². The number of carbonyl (C=O) groups excluding carboxylic acids is 2. The molecule has 2 unspecified atom stereocenters. The Morgan fingerprint density at radius 3 is 2.51 bits per heavy atom. The lowest BCUT2D eigenvalue weighted by Crippen LogP contribution is -2.29. The number of aliphatic hydroxyl groups is 1. The average Bonchev–Trinajstić information content (AvgIpc) is 3.42. The fourth-order valence-corrected chi connectivity index (χ4v) is 4.80. The van der Waals surface area contributed by atoms with Crippen molar-refractivity contribution in [3.63, 3.8) is 0 Å². The number of ketones is 1. The highest BCUT2D eigenvalue weighted by atomic mass is 16.5. The number of anilines is 1. The molecule has 1 N–H and O–H groups in total. The summed E-state index contributed by atoms with van der Waals surface area (Å²) in [6.07, 6.45) is 1.59. The molecule has 0 spiro atoms. The van der Waals surface area contributed by atoms with E-state index in [9.17, 15) is 20.0 Å². The minimum Gasteiger partial charge on any atom is -0.507 e. The Hall–Kier alpha value is -4.57. The topological polar surface area (TPSA) is 99.9 Å². The third kappa shape index (κ3) is 4.43. The number of fused-ring (bicyclic) bond motifs is 1. The third-order valence-corrected chi connectivity index (χ3v) is 6.56. The first-order chi connectivity index (χ1) is 17.9. The molecule has 0 aromatic heterocycles. The van der Waals surface area contributed by atoms with Gasteiger partial charge in [-0.3, -0.25) is 14.5 Å². The van der Waals surface area contributed by atoms with E-state index in [1.54, 1.807) is 60.7 Å². The second kappa shape index (κ2) is 9.82. The van der Waals surface area contributed by atoms with Crippen molar-refractivity contribution in [3.05, 3.63) is 94.6 Å². The normalized spacial score (nSPS) is 19.9.